The van der Waals surface area contributed by atoms with E-state index in [9.17, 15) is 50.3 Å². The average Bonchev–Trinajstić information content (AvgIpc) is 3.27. The Labute approximate surface area is 225 Å². The lowest BCUT2D eigenvalue weighted by Crippen LogP contribution is -2.60. The van der Waals surface area contributed by atoms with Crippen molar-refractivity contribution in [3.05, 3.63) is 0 Å². The molecule has 2 heterocycles. The summed E-state index contributed by atoms with van der Waals surface area (Å²) >= 11 is 0. The Balaban J connectivity index is 1.82. The molecule has 4 unspecified atom stereocenters. The number of likely N-dealkylation sites (tertiary alicyclic amines) is 1. The smallest absolute Gasteiger partial charge is 0.356 e. The molecule has 226 valence electrons. The zero-order valence-corrected chi connectivity index (χ0v) is 22.1. The van der Waals surface area contributed by atoms with Gasteiger partial charge in [0.05, 0.1) is 6.04 Å². The highest BCUT2D eigenvalue weighted by molar-refractivity contribution is 5.96. The largest absolute Gasteiger partial charge is 0.522 e. The van der Waals surface area contributed by atoms with Gasteiger partial charge in [-0.25, -0.2) is 0 Å². The molecule has 0 aromatic heterocycles. The van der Waals surface area contributed by atoms with Crippen LogP contribution in [0.3, 0.4) is 0 Å². The lowest BCUT2D eigenvalue weighted by atomic mass is 9.85. The van der Waals surface area contributed by atoms with Crippen LogP contribution in [0.5, 0.6) is 0 Å². The van der Waals surface area contributed by atoms with Crippen molar-refractivity contribution in [2.24, 2.45) is 16.7 Å². The van der Waals surface area contributed by atoms with Crippen molar-refractivity contribution in [3.63, 3.8) is 0 Å². The molecule has 3 fully saturated rings. The van der Waals surface area contributed by atoms with Crippen LogP contribution in [0.25, 0.3) is 0 Å². The summed E-state index contributed by atoms with van der Waals surface area (Å²) < 4.78 is 80.2. The SMILES string of the molecule is CC(C)(C)C(NC(=O)C(F)(F)F)C(=O)N1CC2(CC2)CC1C(=O)NC(CC1CCNC1=O)C(=O)COC(F)(F)F. The number of nitrogens with one attached hydrogen (secondary N) is 3. The zero-order chi connectivity index (χ0) is 30.3. The van der Waals surface area contributed by atoms with Crippen LogP contribution in [-0.4, -0.2) is 84.7 Å². The van der Waals surface area contributed by atoms with Crippen molar-refractivity contribution in [2.45, 2.75) is 83.5 Å². The molecule has 0 radical (unpaired) electrons. The molecule has 10 nitrogen and oxygen atoms in total. The Morgan fingerprint density at radius 2 is 1.70 bits per heavy atom. The van der Waals surface area contributed by atoms with Gasteiger partial charge in [-0.1, -0.05) is 20.8 Å². The van der Waals surface area contributed by atoms with E-state index in [1.54, 1.807) is 5.32 Å². The number of carbonyl (C=O) groups is 5. The molecule has 2 aliphatic heterocycles. The first-order valence-electron chi connectivity index (χ1n) is 12.7. The molecule has 0 aromatic carbocycles. The fourth-order valence-electron chi connectivity index (χ4n) is 5.04. The lowest BCUT2D eigenvalue weighted by molar-refractivity contribution is -0.321. The molecule has 3 rings (SSSR count). The molecule has 1 aliphatic carbocycles. The van der Waals surface area contributed by atoms with E-state index in [1.165, 1.54) is 20.8 Å². The third kappa shape index (κ3) is 7.85. The van der Waals surface area contributed by atoms with Gasteiger partial charge < -0.3 is 20.9 Å². The van der Waals surface area contributed by atoms with E-state index in [2.05, 4.69) is 15.4 Å². The highest BCUT2D eigenvalue weighted by Gasteiger charge is 2.57. The number of ketones is 1. The number of amides is 4. The van der Waals surface area contributed by atoms with Gasteiger partial charge in [0.25, 0.3) is 0 Å². The molecule has 40 heavy (non-hydrogen) atoms. The van der Waals surface area contributed by atoms with Gasteiger partial charge in [0.1, 0.15) is 18.7 Å². The Bertz CT molecular complexity index is 1040. The van der Waals surface area contributed by atoms with E-state index in [4.69, 9.17) is 0 Å². The van der Waals surface area contributed by atoms with Crippen LogP contribution < -0.4 is 16.0 Å². The van der Waals surface area contributed by atoms with Crippen LogP contribution in [0.15, 0.2) is 0 Å². The maximum Gasteiger partial charge on any atom is 0.522 e. The molecule has 0 aromatic rings. The first-order valence-corrected chi connectivity index (χ1v) is 12.7. The number of halogens is 6. The topological polar surface area (TPSA) is 134 Å². The van der Waals surface area contributed by atoms with Crippen molar-refractivity contribution in [1.29, 1.82) is 0 Å². The minimum atomic E-state index is -5.26. The Morgan fingerprint density at radius 1 is 1.07 bits per heavy atom. The van der Waals surface area contributed by atoms with Gasteiger partial charge in [0.15, 0.2) is 5.78 Å². The number of rotatable bonds is 9. The van der Waals surface area contributed by atoms with Crippen LogP contribution >= 0.6 is 0 Å². The summed E-state index contributed by atoms with van der Waals surface area (Å²) in [5, 5.41) is 6.60. The van der Waals surface area contributed by atoms with E-state index in [0.29, 0.717) is 12.8 Å². The maximum atomic E-state index is 13.5. The summed E-state index contributed by atoms with van der Waals surface area (Å²) in [6.45, 7) is 3.18. The van der Waals surface area contributed by atoms with Crippen molar-refractivity contribution in [3.8, 4) is 0 Å². The van der Waals surface area contributed by atoms with E-state index < -0.39 is 83.4 Å². The fraction of sp³-hybridized carbons (Fsp3) is 0.792. The van der Waals surface area contributed by atoms with E-state index >= 15 is 0 Å². The Hall–Kier alpha value is -2.91. The second-order valence-corrected chi connectivity index (χ2v) is 11.7. The summed E-state index contributed by atoms with van der Waals surface area (Å²) in [7, 11) is 0. The van der Waals surface area contributed by atoms with Gasteiger partial charge in [-0.05, 0) is 42.9 Å². The number of ether oxygens (including phenoxy) is 1. The minimum Gasteiger partial charge on any atom is -0.356 e. The quantitative estimate of drug-likeness (QED) is 0.352. The normalized spacial score (nSPS) is 23.9. The second-order valence-electron chi connectivity index (χ2n) is 11.7. The van der Waals surface area contributed by atoms with Crippen LogP contribution in [0.2, 0.25) is 0 Å². The zero-order valence-electron chi connectivity index (χ0n) is 22.1. The highest BCUT2D eigenvalue weighted by atomic mass is 19.4. The monoisotopic (exact) mass is 586 g/mol. The number of hydrogen-bond donors (Lipinski definition) is 3. The third-order valence-corrected chi connectivity index (χ3v) is 7.46. The highest BCUT2D eigenvalue weighted by Crippen LogP contribution is 2.55. The first kappa shape index (κ1) is 31.6. The van der Waals surface area contributed by atoms with Crippen molar-refractivity contribution < 1.29 is 55.1 Å². The number of nitrogens with zero attached hydrogens (tertiary/aromatic N) is 1. The molecule has 4 amide bonds. The molecule has 3 aliphatic rings. The summed E-state index contributed by atoms with van der Waals surface area (Å²) in [6.07, 6.45) is -9.05. The molecule has 1 saturated carbocycles. The summed E-state index contributed by atoms with van der Waals surface area (Å²) in [5.41, 5.74) is -1.67. The van der Waals surface area contributed by atoms with Crippen LogP contribution in [0.1, 0.15) is 52.9 Å². The van der Waals surface area contributed by atoms with Gasteiger partial charge in [-0.15, -0.1) is 13.2 Å². The molecule has 16 heteroatoms. The maximum absolute atomic E-state index is 13.5. The molecule has 0 bridgehead atoms. The summed E-state index contributed by atoms with van der Waals surface area (Å²) in [4.78, 5) is 64.4. The van der Waals surface area contributed by atoms with Crippen LogP contribution in [0, 0.1) is 16.7 Å². The number of Topliss-reactive ketones (excluding diaryl/α,β-unsaturated/α-hetero) is 1. The second kappa shape index (κ2) is 11.2. The Kier molecular flexibility index (Phi) is 8.82. The predicted molar refractivity (Wildman–Crippen MR) is 124 cm³/mol. The molecular weight excluding hydrogens is 554 g/mol. The van der Waals surface area contributed by atoms with Crippen LogP contribution in [-0.2, 0) is 28.7 Å². The van der Waals surface area contributed by atoms with Gasteiger partial charge in [0.2, 0.25) is 17.7 Å². The molecule has 3 N–H and O–H groups in total. The van der Waals surface area contributed by atoms with Gasteiger partial charge in [-0.2, -0.15) is 13.2 Å². The number of hydrogen-bond acceptors (Lipinski definition) is 6. The standard InChI is InChI=1S/C24H32F6N4O6/c1-21(2,3)16(33-20(39)23(25,26)27)19(38)34-11-22(5-6-22)9-14(34)18(37)32-13(8-12-4-7-31-17(12)36)15(35)10-40-24(28,29)30/h12-14,16H,4-11H2,1-3H3,(H,31,36)(H,32,37)(H,33,39). The van der Waals surface area contributed by atoms with Gasteiger partial charge >= 0.3 is 18.4 Å². The van der Waals surface area contributed by atoms with E-state index in [1.807, 2.05) is 0 Å². The third-order valence-electron chi connectivity index (χ3n) is 7.46. The number of carbonyl (C=O) groups excluding carboxylic acids is 5. The minimum absolute atomic E-state index is 0.0131. The average molecular weight is 587 g/mol. The molecule has 4 atom stereocenters. The fourth-order valence-corrected chi connectivity index (χ4v) is 5.04. The van der Waals surface area contributed by atoms with Crippen molar-refractivity contribution in [1.82, 2.24) is 20.9 Å². The summed E-state index contributed by atoms with van der Waals surface area (Å²) in [5.74, 6) is -6.52. The molecule has 1 spiro atoms. The van der Waals surface area contributed by atoms with Crippen LogP contribution in [0.4, 0.5) is 26.3 Å². The molecular formula is C24H32F6N4O6. The first-order chi connectivity index (χ1) is 18.2. The summed E-state index contributed by atoms with van der Waals surface area (Å²) in [6, 6.07) is -4.48. The van der Waals surface area contributed by atoms with Crippen molar-refractivity contribution in [2.75, 3.05) is 19.7 Å². The number of alkyl halides is 6. The Morgan fingerprint density at radius 3 is 2.17 bits per heavy atom. The predicted octanol–water partition coefficient (Wildman–Crippen LogP) is 1.58. The molecule has 2 saturated heterocycles. The van der Waals surface area contributed by atoms with Gasteiger partial charge in [-0.3, -0.25) is 28.7 Å². The lowest BCUT2D eigenvalue weighted by Gasteiger charge is -2.36. The van der Waals surface area contributed by atoms with E-state index in [0.717, 1.165) is 4.90 Å². The van der Waals surface area contributed by atoms with Crippen molar-refractivity contribution >= 4 is 29.4 Å². The van der Waals surface area contributed by atoms with E-state index in [-0.39, 0.29) is 32.4 Å². The van der Waals surface area contributed by atoms with Gasteiger partial charge in [0, 0.05) is 19.0 Å².